The van der Waals surface area contributed by atoms with Crippen molar-refractivity contribution in [3.63, 3.8) is 0 Å². The van der Waals surface area contributed by atoms with E-state index in [0.717, 1.165) is 13.4 Å². The monoisotopic (exact) mass is 470 g/mol. The van der Waals surface area contributed by atoms with Crippen LogP contribution in [0.15, 0.2) is 25.6 Å². The van der Waals surface area contributed by atoms with Gasteiger partial charge in [0.15, 0.2) is 0 Å². The second kappa shape index (κ2) is 8.76. The van der Waals surface area contributed by atoms with Gasteiger partial charge in [0.05, 0.1) is 12.2 Å². The molecule has 0 aromatic heterocycles. The van der Waals surface area contributed by atoms with E-state index < -0.39 is 5.97 Å². The molecule has 0 aliphatic heterocycles. The summed E-state index contributed by atoms with van der Waals surface area (Å²) in [6.45, 7) is 0.622. The van der Waals surface area contributed by atoms with Crippen molar-refractivity contribution in [2.45, 2.75) is 12.8 Å². The standard InChI is InChI=1S/C12H13Br3N2O3/c13-7-4-8(14)12(9(15)5-7)17-10(18)6-16-3-1-2-11(19)20/h4-5,16H,1-3,6H2,(H,17,18)(H,19,20). The molecule has 3 N–H and O–H groups in total. The van der Waals surface area contributed by atoms with Gasteiger partial charge in [-0.05, 0) is 57.0 Å². The number of halogens is 3. The van der Waals surface area contributed by atoms with E-state index in [1.165, 1.54) is 0 Å². The summed E-state index contributed by atoms with van der Waals surface area (Å²) in [6.07, 6.45) is 0.590. The minimum atomic E-state index is -0.834. The van der Waals surface area contributed by atoms with Gasteiger partial charge in [-0.1, -0.05) is 15.9 Å². The Morgan fingerprint density at radius 3 is 2.30 bits per heavy atom. The van der Waals surface area contributed by atoms with Gasteiger partial charge in [0.2, 0.25) is 5.91 Å². The highest BCUT2D eigenvalue weighted by Gasteiger charge is 2.10. The molecule has 0 bridgehead atoms. The average Bonchev–Trinajstić information content (AvgIpc) is 2.33. The van der Waals surface area contributed by atoms with Gasteiger partial charge in [0.1, 0.15) is 0 Å². The number of anilines is 1. The lowest BCUT2D eigenvalue weighted by molar-refractivity contribution is -0.137. The number of hydrogen-bond acceptors (Lipinski definition) is 3. The van der Waals surface area contributed by atoms with Crippen LogP contribution in [0.4, 0.5) is 5.69 Å². The van der Waals surface area contributed by atoms with Crippen LogP contribution in [-0.2, 0) is 9.59 Å². The van der Waals surface area contributed by atoms with E-state index in [-0.39, 0.29) is 18.9 Å². The third-order valence-electron chi connectivity index (χ3n) is 2.30. The first-order chi connectivity index (χ1) is 9.40. The van der Waals surface area contributed by atoms with Gasteiger partial charge < -0.3 is 15.7 Å². The van der Waals surface area contributed by atoms with E-state index >= 15 is 0 Å². The number of carbonyl (C=O) groups excluding carboxylic acids is 1. The van der Waals surface area contributed by atoms with E-state index in [1.54, 1.807) is 0 Å². The van der Waals surface area contributed by atoms with Crippen LogP contribution in [0, 0.1) is 0 Å². The number of amides is 1. The number of rotatable bonds is 7. The zero-order valence-electron chi connectivity index (χ0n) is 10.4. The Morgan fingerprint density at radius 2 is 1.75 bits per heavy atom. The van der Waals surface area contributed by atoms with Crippen molar-refractivity contribution >= 4 is 65.4 Å². The predicted molar refractivity (Wildman–Crippen MR) is 87.9 cm³/mol. The molecule has 1 rings (SSSR count). The fourth-order valence-corrected chi connectivity index (χ4v) is 3.87. The van der Waals surface area contributed by atoms with Crippen molar-refractivity contribution in [1.29, 1.82) is 0 Å². The first-order valence-electron chi connectivity index (χ1n) is 5.77. The molecular weight excluding hydrogens is 460 g/mol. The van der Waals surface area contributed by atoms with Gasteiger partial charge in [-0.15, -0.1) is 0 Å². The SMILES string of the molecule is O=C(O)CCCNCC(=O)Nc1c(Br)cc(Br)cc1Br. The van der Waals surface area contributed by atoms with Gasteiger partial charge in [0.25, 0.3) is 0 Å². The fraction of sp³-hybridized carbons (Fsp3) is 0.333. The van der Waals surface area contributed by atoms with Crippen LogP contribution in [0.1, 0.15) is 12.8 Å². The molecule has 8 heteroatoms. The largest absolute Gasteiger partial charge is 0.481 e. The van der Waals surface area contributed by atoms with Crippen molar-refractivity contribution < 1.29 is 14.7 Å². The van der Waals surface area contributed by atoms with Crippen molar-refractivity contribution in [3.05, 3.63) is 25.6 Å². The van der Waals surface area contributed by atoms with Crippen LogP contribution >= 0.6 is 47.8 Å². The number of benzene rings is 1. The highest BCUT2D eigenvalue weighted by Crippen LogP contribution is 2.34. The lowest BCUT2D eigenvalue weighted by Crippen LogP contribution is -2.29. The normalized spacial score (nSPS) is 10.3. The molecule has 0 unspecified atom stereocenters. The van der Waals surface area contributed by atoms with Crippen LogP contribution in [0.3, 0.4) is 0 Å². The molecule has 1 amide bonds. The molecule has 0 heterocycles. The zero-order valence-corrected chi connectivity index (χ0v) is 15.1. The molecule has 0 radical (unpaired) electrons. The number of carboxylic acids is 1. The lowest BCUT2D eigenvalue weighted by Gasteiger charge is -2.10. The Morgan fingerprint density at radius 1 is 1.15 bits per heavy atom. The minimum Gasteiger partial charge on any atom is -0.481 e. The van der Waals surface area contributed by atoms with Gasteiger partial charge in [-0.2, -0.15) is 0 Å². The maximum absolute atomic E-state index is 11.8. The maximum atomic E-state index is 11.8. The zero-order chi connectivity index (χ0) is 15.1. The topological polar surface area (TPSA) is 78.4 Å². The Balaban J connectivity index is 2.41. The first-order valence-corrected chi connectivity index (χ1v) is 8.15. The predicted octanol–water partition coefficient (Wildman–Crippen LogP) is 3.37. The highest BCUT2D eigenvalue weighted by atomic mass is 79.9. The van der Waals surface area contributed by atoms with Crippen LogP contribution in [0.5, 0.6) is 0 Å². The molecule has 0 saturated heterocycles. The summed E-state index contributed by atoms with van der Waals surface area (Å²) in [6, 6.07) is 3.67. The Labute approximate surface area is 141 Å². The molecule has 0 aliphatic carbocycles. The fourth-order valence-electron chi connectivity index (χ4n) is 1.41. The summed E-state index contributed by atoms with van der Waals surface area (Å²) in [5, 5.41) is 14.1. The number of carbonyl (C=O) groups is 2. The molecule has 1 aromatic carbocycles. The molecule has 0 fully saturated rings. The summed E-state index contributed by atoms with van der Waals surface area (Å²) in [5.41, 5.74) is 0.658. The summed E-state index contributed by atoms with van der Waals surface area (Å²) in [7, 11) is 0. The molecule has 5 nitrogen and oxygen atoms in total. The summed E-state index contributed by atoms with van der Waals surface area (Å²) in [4.78, 5) is 22.1. The Hall–Kier alpha value is -0.440. The van der Waals surface area contributed by atoms with Crippen molar-refractivity contribution in [2.24, 2.45) is 0 Å². The summed E-state index contributed by atoms with van der Waals surface area (Å²) in [5.74, 6) is -1.02. The number of carboxylic acid groups (broad SMARTS) is 1. The molecule has 20 heavy (non-hydrogen) atoms. The smallest absolute Gasteiger partial charge is 0.303 e. The minimum absolute atomic E-state index is 0.0957. The van der Waals surface area contributed by atoms with Gasteiger partial charge in [-0.25, -0.2) is 0 Å². The van der Waals surface area contributed by atoms with Crippen LogP contribution in [0.2, 0.25) is 0 Å². The molecule has 0 aliphatic rings. The van der Waals surface area contributed by atoms with E-state index in [1.807, 2.05) is 12.1 Å². The van der Waals surface area contributed by atoms with Crippen LogP contribution < -0.4 is 10.6 Å². The highest BCUT2D eigenvalue weighted by molar-refractivity contribution is 9.11. The molecule has 110 valence electrons. The van der Waals surface area contributed by atoms with E-state index in [4.69, 9.17) is 5.11 Å². The van der Waals surface area contributed by atoms with E-state index in [0.29, 0.717) is 18.7 Å². The quantitative estimate of drug-likeness (QED) is 0.532. The summed E-state index contributed by atoms with van der Waals surface area (Å²) >= 11 is 10.1. The van der Waals surface area contributed by atoms with Crippen LogP contribution in [0.25, 0.3) is 0 Å². The Bertz CT molecular complexity index is 486. The van der Waals surface area contributed by atoms with Crippen molar-refractivity contribution in [2.75, 3.05) is 18.4 Å². The molecule has 1 aromatic rings. The molecule has 0 saturated carbocycles. The summed E-state index contributed by atoms with van der Waals surface area (Å²) < 4.78 is 2.41. The molecular formula is C12H13Br3N2O3. The second-order valence-electron chi connectivity index (χ2n) is 3.97. The van der Waals surface area contributed by atoms with Gasteiger partial charge in [0, 0.05) is 19.8 Å². The third kappa shape index (κ3) is 6.34. The number of nitrogens with one attached hydrogen (secondary N) is 2. The second-order valence-corrected chi connectivity index (χ2v) is 6.59. The number of aliphatic carboxylic acids is 1. The van der Waals surface area contributed by atoms with Gasteiger partial charge in [-0.3, -0.25) is 9.59 Å². The third-order valence-corrected chi connectivity index (χ3v) is 4.01. The lowest BCUT2D eigenvalue weighted by atomic mass is 10.3. The molecule has 0 spiro atoms. The Kier molecular flexibility index (Phi) is 7.71. The maximum Gasteiger partial charge on any atom is 0.303 e. The average molecular weight is 473 g/mol. The molecule has 0 atom stereocenters. The van der Waals surface area contributed by atoms with E-state index in [9.17, 15) is 9.59 Å². The van der Waals surface area contributed by atoms with Crippen LogP contribution in [-0.4, -0.2) is 30.1 Å². The number of hydrogen-bond donors (Lipinski definition) is 3. The van der Waals surface area contributed by atoms with Crippen molar-refractivity contribution in [3.8, 4) is 0 Å². The first kappa shape index (κ1) is 17.6. The van der Waals surface area contributed by atoms with Crippen molar-refractivity contribution in [1.82, 2.24) is 5.32 Å². The van der Waals surface area contributed by atoms with E-state index in [2.05, 4.69) is 58.4 Å². The van der Waals surface area contributed by atoms with Gasteiger partial charge >= 0.3 is 5.97 Å².